The van der Waals surface area contributed by atoms with Gasteiger partial charge in [-0.1, -0.05) is 0 Å². The van der Waals surface area contributed by atoms with Crippen molar-refractivity contribution in [2.75, 3.05) is 13.7 Å². The summed E-state index contributed by atoms with van der Waals surface area (Å²) in [5.41, 5.74) is 10.7. The molecule has 0 aromatic heterocycles. The third-order valence-corrected chi connectivity index (χ3v) is 2.40. The van der Waals surface area contributed by atoms with Crippen LogP contribution in [-0.2, 0) is 6.18 Å². The minimum Gasteiger partial charge on any atom is -0.497 e. The SMILES string of the molecule is COc1cc([C@@H](N)CCN)cc(C(F)(F)F)c1.Cl. The summed E-state index contributed by atoms with van der Waals surface area (Å²) in [6, 6.07) is 2.95. The third-order valence-electron chi connectivity index (χ3n) is 2.40. The second-order valence-corrected chi connectivity index (χ2v) is 3.68. The highest BCUT2D eigenvalue weighted by molar-refractivity contribution is 5.85. The summed E-state index contributed by atoms with van der Waals surface area (Å²) >= 11 is 0. The Morgan fingerprint density at radius 2 is 1.89 bits per heavy atom. The zero-order valence-corrected chi connectivity index (χ0v) is 10.6. The van der Waals surface area contributed by atoms with Gasteiger partial charge in [-0.25, -0.2) is 0 Å². The molecule has 1 aromatic carbocycles. The van der Waals surface area contributed by atoms with E-state index in [2.05, 4.69) is 0 Å². The summed E-state index contributed by atoms with van der Waals surface area (Å²) in [5.74, 6) is 0.141. The molecule has 0 spiro atoms. The average molecular weight is 285 g/mol. The molecule has 0 amide bonds. The van der Waals surface area contributed by atoms with Gasteiger partial charge < -0.3 is 16.2 Å². The molecule has 0 heterocycles. The van der Waals surface area contributed by atoms with Crippen LogP contribution in [0.1, 0.15) is 23.6 Å². The number of hydrogen-bond donors (Lipinski definition) is 2. The van der Waals surface area contributed by atoms with Crippen LogP contribution in [0.5, 0.6) is 5.75 Å². The van der Waals surface area contributed by atoms with Gasteiger partial charge in [-0.15, -0.1) is 12.4 Å². The van der Waals surface area contributed by atoms with Crippen LogP contribution in [0.2, 0.25) is 0 Å². The zero-order chi connectivity index (χ0) is 13.1. The summed E-state index contributed by atoms with van der Waals surface area (Å²) in [4.78, 5) is 0. The predicted molar refractivity (Wildman–Crippen MR) is 65.8 cm³/mol. The Hall–Kier alpha value is -0.980. The molecule has 3 nitrogen and oxygen atoms in total. The van der Waals surface area contributed by atoms with E-state index < -0.39 is 17.8 Å². The van der Waals surface area contributed by atoms with Crippen LogP contribution in [-0.4, -0.2) is 13.7 Å². The second kappa shape index (κ2) is 6.82. The number of hydrogen-bond acceptors (Lipinski definition) is 3. The fourth-order valence-corrected chi connectivity index (χ4v) is 1.46. The predicted octanol–water partition coefficient (Wildman–Crippen LogP) is 2.48. The highest BCUT2D eigenvalue weighted by Gasteiger charge is 2.31. The van der Waals surface area contributed by atoms with E-state index in [-0.39, 0.29) is 18.2 Å². The first-order valence-electron chi connectivity index (χ1n) is 5.10. The summed E-state index contributed by atoms with van der Waals surface area (Å²) in [5, 5.41) is 0. The number of alkyl halides is 3. The Morgan fingerprint density at radius 1 is 1.28 bits per heavy atom. The normalized spacial score (nSPS) is 12.8. The Kier molecular flexibility index (Phi) is 6.45. The lowest BCUT2D eigenvalue weighted by Crippen LogP contribution is -2.16. The molecule has 0 fully saturated rings. The molecule has 4 N–H and O–H groups in total. The molecule has 0 aliphatic rings. The van der Waals surface area contributed by atoms with Crippen LogP contribution < -0.4 is 16.2 Å². The van der Waals surface area contributed by atoms with Gasteiger partial charge in [0.15, 0.2) is 0 Å². The van der Waals surface area contributed by atoms with Crippen LogP contribution in [0.25, 0.3) is 0 Å². The number of benzene rings is 1. The van der Waals surface area contributed by atoms with Crippen LogP contribution in [0.15, 0.2) is 18.2 Å². The van der Waals surface area contributed by atoms with Crippen molar-refractivity contribution in [3.8, 4) is 5.75 Å². The standard InChI is InChI=1S/C11H15F3N2O.ClH/c1-17-9-5-7(10(16)2-3-15)4-8(6-9)11(12,13)14;/h4-6,10H,2-3,15-16H2,1H3;1H/t10-;/m0./s1. The minimum atomic E-state index is -4.41. The molecular weight excluding hydrogens is 269 g/mol. The number of rotatable bonds is 4. The Labute approximate surface area is 110 Å². The van der Waals surface area contributed by atoms with Crippen molar-refractivity contribution in [3.63, 3.8) is 0 Å². The quantitative estimate of drug-likeness (QED) is 0.893. The fourth-order valence-electron chi connectivity index (χ4n) is 1.46. The van der Waals surface area contributed by atoms with Crippen molar-refractivity contribution >= 4 is 12.4 Å². The number of ether oxygens (including phenoxy) is 1. The third kappa shape index (κ3) is 4.36. The molecular formula is C11H16ClF3N2O. The van der Waals surface area contributed by atoms with E-state index in [0.29, 0.717) is 18.5 Å². The van der Waals surface area contributed by atoms with Gasteiger partial charge in [0.1, 0.15) is 5.75 Å². The molecule has 7 heteroatoms. The molecule has 1 aromatic rings. The molecule has 1 atom stereocenters. The zero-order valence-electron chi connectivity index (χ0n) is 9.83. The average Bonchev–Trinajstić information content (AvgIpc) is 2.27. The van der Waals surface area contributed by atoms with Crippen molar-refractivity contribution in [2.45, 2.75) is 18.6 Å². The highest BCUT2D eigenvalue weighted by atomic mass is 35.5. The first kappa shape index (κ1) is 17.0. The summed E-state index contributed by atoms with van der Waals surface area (Å²) < 4.78 is 42.7. The number of halogens is 4. The Morgan fingerprint density at radius 3 is 2.33 bits per heavy atom. The monoisotopic (exact) mass is 284 g/mol. The second-order valence-electron chi connectivity index (χ2n) is 3.68. The molecule has 0 bridgehead atoms. The fraction of sp³-hybridized carbons (Fsp3) is 0.455. The molecule has 18 heavy (non-hydrogen) atoms. The molecule has 1 rings (SSSR count). The molecule has 0 aliphatic heterocycles. The van der Waals surface area contributed by atoms with Crippen LogP contribution >= 0.6 is 12.4 Å². The molecule has 0 saturated heterocycles. The van der Waals surface area contributed by atoms with Crippen molar-refractivity contribution in [1.29, 1.82) is 0 Å². The minimum absolute atomic E-state index is 0. The van der Waals surface area contributed by atoms with Gasteiger partial charge in [0.2, 0.25) is 0 Å². The lowest BCUT2D eigenvalue weighted by Gasteiger charge is -2.15. The van der Waals surface area contributed by atoms with Gasteiger partial charge in [-0.05, 0) is 36.7 Å². The largest absolute Gasteiger partial charge is 0.497 e. The van der Waals surface area contributed by atoms with E-state index >= 15 is 0 Å². The van der Waals surface area contributed by atoms with E-state index in [1.165, 1.54) is 13.2 Å². The van der Waals surface area contributed by atoms with E-state index in [1.54, 1.807) is 0 Å². The van der Waals surface area contributed by atoms with Crippen molar-refractivity contribution in [2.24, 2.45) is 11.5 Å². The van der Waals surface area contributed by atoms with Crippen molar-refractivity contribution in [3.05, 3.63) is 29.3 Å². The van der Waals surface area contributed by atoms with Gasteiger partial charge in [0.25, 0.3) is 0 Å². The first-order valence-corrected chi connectivity index (χ1v) is 5.10. The van der Waals surface area contributed by atoms with E-state index in [0.717, 1.165) is 12.1 Å². The molecule has 0 aliphatic carbocycles. The van der Waals surface area contributed by atoms with E-state index in [9.17, 15) is 13.2 Å². The topological polar surface area (TPSA) is 61.3 Å². The van der Waals surface area contributed by atoms with Crippen LogP contribution in [0.4, 0.5) is 13.2 Å². The van der Waals surface area contributed by atoms with Crippen LogP contribution in [0, 0.1) is 0 Å². The maximum atomic E-state index is 12.6. The lowest BCUT2D eigenvalue weighted by atomic mass is 10.0. The van der Waals surface area contributed by atoms with E-state index in [1.807, 2.05) is 0 Å². The van der Waals surface area contributed by atoms with Gasteiger partial charge in [0.05, 0.1) is 12.7 Å². The first-order chi connectivity index (χ1) is 7.88. The molecule has 0 saturated carbocycles. The van der Waals surface area contributed by atoms with Gasteiger partial charge in [-0.2, -0.15) is 13.2 Å². The van der Waals surface area contributed by atoms with Crippen molar-refractivity contribution < 1.29 is 17.9 Å². The maximum absolute atomic E-state index is 12.6. The van der Waals surface area contributed by atoms with Crippen molar-refractivity contribution in [1.82, 2.24) is 0 Å². The van der Waals surface area contributed by atoms with Gasteiger partial charge >= 0.3 is 6.18 Å². The van der Waals surface area contributed by atoms with Gasteiger partial charge in [-0.3, -0.25) is 0 Å². The molecule has 104 valence electrons. The summed E-state index contributed by atoms with van der Waals surface area (Å²) in [6.07, 6.45) is -3.99. The lowest BCUT2D eigenvalue weighted by molar-refractivity contribution is -0.137. The highest BCUT2D eigenvalue weighted by Crippen LogP contribution is 2.34. The summed E-state index contributed by atoms with van der Waals surface area (Å²) in [6.45, 7) is 0.319. The number of nitrogens with two attached hydrogens (primary N) is 2. The summed E-state index contributed by atoms with van der Waals surface area (Å²) in [7, 11) is 1.31. The molecule has 0 radical (unpaired) electrons. The Balaban J connectivity index is 0.00000289. The van der Waals surface area contributed by atoms with E-state index in [4.69, 9.17) is 16.2 Å². The number of methoxy groups -OCH3 is 1. The molecule has 0 unspecified atom stereocenters. The maximum Gasteiger partial charge on any atom is 0.416 e. The van der Waals surface area contributed by atoms with Gasteiger partial charge in [0, 0.05) is 6.04 Å². The smallest absolute Gasteiger partial charge is 0.416 e. The Bertz CT molecular complexity index is 385. The van der Waals surface area contributed by atoms with Crippen LogP contribution in [0.3, 0.4) is 0 Å².